The number of nitrogens with zero attached hydrogens (tertiary/aromatic N) is 2. The second-order valence-corrected chi connectivity index (χ2v) is 10.2. The quantitative estimate of drug-likeness (QED) is 0.420. The van der Waals surface area contributed by atoms with Crippen LogP contribution in [0.4, 0.5) is 10.7 Å². The molecule has 0 aliphatic heterocycles. The van der Waals surface area contributed by atoms with Crippen LogP contribution < -0.4 is 10.9 Å². The van der Waals surface area contributed by atoms with E-state index in [1.165, 1.54) is 35.6 Å². The van der Waals surface area contributed by atoms with E-state index in [0.717, 1.165) is 29.7 Å². The molecule has 0 saturated heterocycles. The Balaban J connectivity index is 1.68. The Hall–Kier alpha value is -3.51. The molecule has 32 heavy (non-hydrogen) atoms. The van der Waals surface area contributed by atoms with Gasteiger partial charge in [0.25, 0.3) is 11.6 Å². The van der Waals surface area contributed by atoms with Crippen LogP contribution in [0.1, 0.15) is 53.6 Å². The molecule has 4 rings (SSSR count). The number of hydrogen-bond acceptors (Lipinski definition) is 7. The number of nitro benzene ring substituents is 1. The standard InChI is InChI=1S/C23H22N4O4S/c1-23(2,3)13-4-6-15-17(11-24)22(32-19(15)10-13)26-21(28)16-9-12-8-14(27(29)30)5-7-18(12)31-20(16)25/h5,7-9,13,25H,4,6,10H2,1-3H3,(H,26,28). The topological polar surface area (TPSA) is 133 Å². The second-order valence-electron chi connectivity index (χ2n) is 9.05. The van der Waals surface area contributed by atoms with Gasteiger partial charge in [-0.2, -0.15) is 5.26 Å². The van der Waals surface area contributed by atoms with Crippen molar-refractivity contribution in [3.8, 4) is 6.07 Å². The SMILES string of the molecule is CC(C)(C)C1CCc2c(sc(NC(=O)c3cc4cc([N+](=O)[O-])ccc4oc3=N)c2C#N)C1. The summed E-state index contributed by atoms with van der Waals surface area (Å²) in [7, 11) is 0. The second kappa shape index (κ2) is 7.88. The largest absolute Gasteiger partial charge is 0.438 e. The summed E-state index contributed by atoms with van der Waals surface area (Å²) in [6, 6.07) is 7.61. The maximum atomic E-state index is 13.0. The third-order valence-electron chi connectivity index (χ3n) is 6.03. The zero-order valence-electron chi connectivity index (χ0n) is 17.9. The van der Waals surface area contributed by atoms with Gasteiger partial charge in [-0.1, -0.05) is 20.8 Å². The summed E-state index contributed by atoms with van der Waals surface area (Å²) in [5, 5.41) is 32.5. The molecule has 1 aliphatic rings. The highest BCUT2D eigenvalue weighted by Crippen LogP contribution is 2.44. The molecule has 1 aliphatic carbocycles. The summed E-state index contributed by atoms with van der Waals surface area (Å²) in [4.78, 5) is 24.6. The summed E-state index contributed by atoms with van der Waals surface area (Å²) in [5.41, 5.74) is 1.37. The molecule has 1 unspecified atom stereocenters. The number of fused-ring (bicyclic) bond motifs is 2. The predicted molar refractivity (Wildman–Crippen MR) is 121 cm³/mol. The van der Waals surface area contributed by atoms with E-state index >= 15 is 0 Å². The molecule has 3 aromatic rings. The summed E-state index contributed by atoms with van der Waals surface area (Å²) in [6.45, 7) is 6.65. The fourth-order valence-electron chi connectivity index (χ4n) is 4.11. The first-order valence-electron chi connectivity index (χ1n) is 10.2. The minimum Gasteiger partial charge on any atom is -0.438 e. The number of carbonyl (C=O) groups is 1. The zero-order chi connectivity index (χ0) is 23.2. The number of carbonyl (C=O) groups excluding carboxylic acids is 1. The number of non-ortho nitro benzene ring substituents is 1. The summed E-state index contributed by atoms with van der Waals surface area (Å²) < 4.78 is 5.40. The van der Waals surface area contributed by atoms with Gasteiger partial charge in [-0.15, -0.1) is 11.3 Å². The Labute approximate surface area is 188 Å². The highest BCUT2D eigenvalue weighted by molar-refractivity contribution is 7.16. The molecule has 2 N–H and O–H groups in total. The number of nitro groups is 1. The van der Waals surface area contributed by atoms with Crippen molar-refractivity contribution in [1.82, 2.24) is 0 Å². The maximum absolute atomic E-state index is 13.0. The van der Waals surface area contributed by atoms with Crippen LogP contribution >= 0.6 is 11.3 Å². The molecule has 2 aromatic heterocycles. The summed E-state index contributed by atoms with van der Waals surface area (Å²) in [5.74, 6) is -0.0895. The van der Waals surface area contributed by atoms with Gasteiger partial charge in [-0.05, 0) is 48.3 Å². The lowest BCUT2D eigenvalue weighted by Crippen LogP contribution is -2.26. The van der Waals surface area contributed by atoms with Crippen molar-refractivity contribution in [2.75, 3.05) is 5.32 Å². The molecule has 2 heterocycles. The maximum Gasteiger partial charge on any atom is 0.270 e. The number of hydrogen-bond donors (Lipinski definition) is 2. The van der Waals surface area contributed by atoms with Gasteiger partial charge < -0.3 is 9.73 Å². The molecular weight excluding hydrogens is 428 g/mol. The van der Waals surface area contributed by atoms with E-state index in [0.29, 0.717) is 21.9 Å². The van der Waals surface area contributed by atoms with Crippen molar-refractivity contribution in [3.63, 3.8) is 0 Å². The van der Waals surface area contributed by atoms with Gasteiger partial charge in [0.05, 0.1) is 10.5 Å². The lowest BCUT2D eigenvalue weighted by molar-refractivity contribution is -0.384. The van der Waals surface area contributed by atoms with Gasteiger partial charge in [0, 0.05) is 22.4 Å². The van der Waals surface area contributed by atoms with E-state index in [2.05, 4.69) is 32.2 Å². The Kier molecular flexibility index (Phi) is 5.34. The molecule has 164 valence electrons. The number of nitrogens with one attached hydrogen (secondary N) is 2. The average Bonchev–Trinajstić information content (AvgIpc) is 3.08. The Morgan fingerprint density at radius 2 is 2.12 bits per heavy atom. The molecule has 0 spiro atoms. The number of rotatable bonds is 3. The molecule has 1 aromatic carbocycles. The molecule has 1 amide bonds. The van der Waals surface area contributed by atoms with E-state index in [9.17, 15) is 20.2 Å². The van der Waals surface area contributed by atoms with Crippen LogP contribution in [-0.2, 0) is 12.8 Å². The van der Waals surface area contributed by atoms with Crippen molar-refractivity contribution in [1.29, 1.82) is 10.7 Å². The first kappa shape index (κ1) is 21.7. The van der Waals surface area contributed by atoms with Crippen LogP contribution in [0, 0.1) is 38.2 Å². The van der Waals surface area contributed by atoms with Crippen molar-refractivity contribution < 1.29 is 14.1 Å². The normalized spacial score (nSPS) is 15.8. The number of nitriles is 1. The third-order valence-corrected chi connectivity index (χ3v) is 7.20. The highest BCUT2D eigenvalue weighted by Gasteiger charge is 2.32. The molecule has 1 atom stereocenters. The van der Waals surface area contributed by atoms with Gasteiger partial charge >= 0.3 is 0 Å². The van der Waals surface area contributed by atoms with Crippen molar-refractivity contribution >= 4 is 38.9 Å². The van der Waals surface area contributed by atoms with Crippen molar-refractivity contribution in [2.24, 2.45) is 11.3 Å². The van der Waals surface area contributed by atoms with Crippen LogP contribution in [0.5, 0.6) is 0 Å². The van der Waals surface area contributed by atoms with Gasteiger partial charge in [-0.3, -0.25) is 20.3 Å². The van der Waals surface area contributed by atoms with Gasteiger partial charge in [-0.25, -0.2) is 0 Å². The minimum absolute atomic E-state index is 0.0548. The van der Waals surface area contributed by atoms with Gasteiger partial charge in [0.2, 0.25) is 5.55 Å². The van der Waals surface area contributed by atoms with Crippen LogP contribution in [0.25, 0.3) is 11.0 Å². The van der Waals surface area contributed by atoms with Crippen molar-refractivity contribution in [2.45, 2.75) is 40.0 Å². The van der Waals surface area contributed by atoms with E-state index in [-0.39, 0.29) is 27.8 Å². The predicted octanol–water partition coefficient (Wildman–Crippen LogP) is 5.16. The minimum atomic E-state index is -0.588. The summed E-state index contributed by atoms with van der Waals surface area (Å²) >= 11 is 1.41. The van der Waals surface area contributed by atoms with Crippen LogP contribution in [0.3, 0.4) is 0 Å². The Bertz CT molecular complexity index is 1360. The van der Waals surface area contributed by atoms with Crippen molar-refractivity contribution in [3.05, 3.63) is 61.5 Å². The molecule has 0 bridgehead atoms. The lowest BCUT2D eigenvalue weighted by atomic mass is 9.72. The molecule has 8 nitrogen and oxygen atoms in total. The molecule has 0 fully saturated rings. The monoisotopic (exact) mass is 450 g/mol. The van der Waals surface area contributed by atoms with E-state index in [1.807, 2.05) is 0 Å². The molecular formula is C23H22N4O4S. The number of amides is 1. The van der Waals surface area contributed by atoms with E-state index < -0.39 is 10.8 Å². The van der Waals surface area contributed by atoms with E-state index in [4.69, 9.17) is 9.83 Å². The number of anilines is 1. The van der Waals surface area contributed by atoms with Gasteiger partial charge in [0.15, 0.2) is 0 Å². The molecule has 0 radical (unpaired) electrons. The fourth-order valence-corrected chi connectivity index (χ4v) is 5.38. The number of thiophene rings is 1. The lowest BCUT2D eigenvalue weighted by Gasteiger charge is -2.33. The fraction of sp³-hybridized carbons (Fsp3) is 0.348. The first-order valence-corrected chi connectivity index (χ1v) is 11.0. The van der Waals surface area contributed by atoms with Gasteiger partial charge in [0.1, 0.15) is 22.2 Å². The Morgan fingerprint density at radius 3 is 2.78 bits per heavy atom. The smallest absolute Gasteiger partial charge is 0.270 e. The molecule has 0 saturated carbocycles. The molecule has 9 heteroatoms. The van der Waals surface area contributed by atoms with Crippen LogP contribution in [0.15, 0.2) is 28.7 Å². The average molecular weight is 451 g/mol. The Morgan fingerprint density at radius 1 is 1.38 bits per heavy atom. The first-order chi connectivity index (χ1) is 15.1. The zero-order valence-corrected chi connectivity index (χ0v) is 18.8. The third kappa shape index (κ3) is 3.89. The van der Waals surface area contributed by atoms with Crippen LogP contribution in [0.2, 0.25) is 0 Å². The highest BCUT2D eigenvalue weighted by atomic mass is 32.1. The van der Waals surface area contributed by atoms with E-state index in [1.54, 1.807) is 0 Å². The summed E-state index contributed by atoms with van der Waals surface area (Å²) in [6.07, 6.45) is 2.66. The number of benzene rings is 1. The van der Waals surface area contributed by atoms with Crippen LogP contribution in [-0.4, -0.2) is 10.8 Å².